The highest BCUT2D eigenvalue weighted by molar-refractivity contribution is 6.66. The minimum absolute atomic E-state index is 0.0230. The first kappa shape index (κ1) is 91.5. The minimum Gasteiger partial charge on any atom is -0.496 e. The van der Waals surface area contributed by atoms with E-state index >= 15 is 0 Å². The molecule has 46 heteroatoms. The molecule has 750 valence electrons. The van der Waals surface area contributed by atoms with E-state index in [1.165, 1.54) is 84.0 Å². The van der Waals surface area contributed by atoms with Crippen molar-refractivity contribution in [3.63, 3.8) is 0 Å². The SMILES string of the molecule is C=CC(=O)Cl.CNCCN(C)C.COc1cc(F)c([N+](=O)[O-])cc1N.[2H]C([2H])([2H])n1c(=O)n(-c2ccnc(Cc3cc(N)c(N(C)CCN(C)C)cc3OC)n2)c2ccccc21.[2H]C([2H])([2H])n1c(=O)n(-c2ccnc(Cc3cc([N+](=O)[O-])c(F)cc3OC)n2)c2ccccc21.[2H]C([2H])([2H])n1c(=O)n(-c2ccnc(Cc3cc([N+](=O)[O-])c(N(C)CCN(C)C)cc3OC)n2)c2ccccc21.[2H]C([2H])([2H])n1c(=O)n(-c2ccnc(Cl)n2)c2ccccc21. The third-order valence-corrected chi connectivity index (χ3v) is 21.6. The summed E-state index contributed by atoms with van der Waals surface area (Å²) in [5, 5.41) is 35.8. The normalized spacial score (nSPS) is 12.4. The van der Waals surface area contributed by atoms with E-state index in [4.69, 9.17) is 65.3 Å². The number of hydrogen-bond acceptors (Lipinski definition) is 31. The van der Waals surface area contributed by atoms with Gasteiger partial charge in [0.05, 0.1) is 104 Å². The topological polar surface area (TPSA) is 475 Å². The average molecular weight is 2010 g/mol. The van der Waals surface area contributed by atoms with Crippen LogP contribution in [0.2, 0.25) is 5.28 Å². The largest absolute Gasteiger partial charge is 0.496 e. The number of rotatable bonds is 29. The van der Waals surface area contributed by atoms with Crippen LogP contribution in [0.25, 0.3) is 67.4 Å². The molecule has 0 aliphatic rings. The maximum Gasteiger partial charge on any atom is 0.334 e. The van der Waals surface area contributed by atoms with Crippen LogP contribution in [0.4, 0.5) is 48.6 Å². The molecule has 8 heterocycles. The number of carbonyl (C=O) groups excluding carboxylic acids is 1. The van der Waals surface area contributed by atoms with E-state index in [1.54, 1.807) is 128 Å². The lowest BCUT2D eigenvalue weighted by Crippen LogP contribution is -2.29. The number of allylic oxidation sites excluding steroid dienone is 1. The zero-order valence-electron chi connectivity index (χ0n) is 91.6. The van der Waals surface area contributed by atoms with Gasteiger partial charge in [0.1, 0.15) is 69.4 Å². The number of nitrogen functional groups attached to an aromatic ring is 2. The van der Waals surface area contributed by atoms with Gasteiger partial charge in [-0.1, -0.05) is 55.1 Å². The van der Waals surface area contributed by atoms with Crippen LogP contribution in [-0.2, 0) is 52.0 Å². The number of nitro groups is 3. The lowest BCUT2D eigenvalue weighted by atomic mass is 10.1. The van der Waals surface area contributed by atoms with E-state index in [9.17, 15) is 63.1 Å². The Morgan fingerprint density at radius 3 is 1.05 bits per heavy atom. The van der Waals surface area contributed by atoms with Gasteiger partial charge in [-0.2, -0.15) is 13.8 Å². The van der Waals surface area contributed by atoms with Crippen LogP contribution in [-0.4, -0.2) is 242 Å². The summed E-state index contributed by atoms with van der Waals surface area (Å²) < 4.78 is 149. The number of carbonyl (C=O) groups is 1. The van der Waals surface area contributed by atoms with Gasteiger partial charge in [0.2, 0.25) is 22.2 Å². The van der Waals surface area contributed by atoms with Crippen molar-refractivity contribution >= 4 is 112 Å². The molecule has 5 N–H and O–H groups in total. The predicted molar refractivity (Wildman–Crippen MR) is 548 cm³/mol. The lowest BCUT2D eigenvalue weighted by Gasteiger charge is -2.24. The van der Waals surface area contributed by atoms with Gasteiger partial charge >= 0.3 is 34.1 Å². The summed E-state index contributed by atoms with van der Waals surface area (Å²) >= 11 is 10.4. The van der Waals surface area contributed by atoms with E-state index in [0.29, 0.717) is 91.4 Å². The summed E-state index contributed by atoms with van der Waals surface area (Å²) in [5.41, 5.74) is 13.4. The summed E-state index contributed by atoms with van der Waals surface area (Å²) in [4.78, 5) is 137. The third kappa shape index (κ3) is 26.7. The fraction of sp³-hybridized carbons (Fsp3) is 0.268. The van der Waals surface area contributed by atoms with Crippen molar-refractivity contribution < 1.29 is 63.7 Å². The minimum atomic E-state index is -2.71. The molecule has 0 radical (unpaired) electrons. The number of halogens is 4. The number of likely N-dealkylation sites (N-methyl/N-ethyl adjacent to an activating group) is 6. The molecule has 8 aromatic carbocycles. The van der Waals surface area contributed by atoms with Crippen molar-refractivity contribution in [2.45, 2.75) is 19.3 Å². The second kappa shape index (κ2) is 49.8. The van der Waals surface area contributed by atoms with E-state index in [2.05, 4.69) is 85.3 Å². The smallest absolute Gasteiger partial charge is 0.334 e. The second-order valence-corrected chi connectivity index (χ2v) is 32.4. The number of methoxy groups -OCH3 is 4. The van der Waals surface area contributed by atoms with Crippen molar-refractivity contribution in [3.8, 4) is 46.3 Å². The number of ether oxygens (including phenoxy) is 4. The second-order valence-electron chi connectivity index (χ2n) is 31.6. The predicted octanol–water partition coefficient (Wildman–Crippen LogP) is 11.5. The molecule has 143 heavy (non-hydrogen) atoms. The molecule has 0 saturated heterocycles. The van der Waals surface area contributed by atoms with Crippen LogP contribution in [0.3, 0.4) is 0 Å². The molecule has 0 aliphatic heterocycles. The molecule has 0 fully saturated rings. The van der Waals surface area contributed by atoms with E-state index in [-0.39, 0.29) is 92.5 Å². The number of nitrogens with two attached hydrogens (primary N) is 2. The number of nitrogens with one attached hydrogen (secondary N) is 1. The summed E-state index contributed by atoms with van der Waals surface area (Å²) in [7, 11) is 23.4. The first-order valence-corrected chi connectivity index (χ1v) is 43.6. The molecular weight excluding hydrogens is 1890 g/mol. The number of anilines is 4. The number of hydrogen-bond donors (Lipinski definition) is 3. The van der Waals surface area contributed by atoms with E-state index < -0.39 is 93.7 Å². The van der Waals surface area contributed by atoms with Gasteiger partial charge in [0.15, 0.2) is 0 Å². The number of benzene rings is 8. The Morgan fingerprint density at radius 2 is 0.734 bits per heavy atom. The fourth-order valence-corrected chi connectivity index (χ4v) is 14.3. The van der Waals surface area contributed by atoms with Gasteiger partial charge in [0.25, 0.3) is 5.69 Å². The van der Waals surface area contributed by atoms with Crippen molar-refractivity contribution in [1.82, 2.24) is 96.4 Å². The number of nitro benzene ring substituents is 3. The van der Waals surface area contributed by atoms with Crippen molar-refractivity contribution in [3.05, 3.63) is 331 Å². The monoisotopic (exact) mass is 2010 g/mol. The standard InChI is InChI=1S/C25H29N7O4.C25H31N7O2.C20H16FN5O4.C12H9ClN4O.C7H7FN2O3.C5H14N2.C3H3ClO/c1-28(2)12-13-29(3)20-16-22(36-5)17(14-21(20)32(34)35)15-23-26-11-10-24(27-23)31-19-9-7-6-8-18(19)30(4)25(31)33;1-29(2)12-13-30(3)21-16-22(34-5)17(14-18(21)26)15-23-27-11-10-24(28-23)32-20-9-7-6-8-19(20)31(4)25(32)33;1-24-14-5-3-4-6-15(14)25(20(24)27)19-7-8-22-18(23-19)10-12-9-16(26(28)29)13(21)11-17(12)30-2;1-16-8-4-2-3-5-9(8)17(12(16)18)10-6-7-14-11(13)15-10;1-13-7-2-4(8)6(10(11)12)3-5(7)9;1-6-4-5-7(2)3;1-2-3(4)5/h6-11,14,16H,12-13,15H2,1-5H3;6-11,14,16H,12-13,15,26H2,1-5H3;3-9,11H,10H2,1-2H3;2-7H,1H3;2-3H,9H2,1H3;6H,4-5H2,1-3H3;2H,1H2/i2*4D3;2*1D3;;;. The van der Waals surface area contributed by atoms with Gasteiger partial charge in [-0.05, 0) is 151 Å². The maximum absolute atomic E-state index is 13.9. The van der Waals surface area contributed by atoms with Gasteiger partial charge in [-0.3, -0.25) is 53.4 Å². The Labute approximate surface area is 845 Å². The Morgan fingerprint density at radius 1 is 0.434 bits per heavy atom. The number of aryl methyl sites for hydroxylation is 4. The Balaban J connectivity index is 0.000000198. The zero-order valence-corrected chi connectivity index (χ0v) is 81.2. The van der Waals surface area contributed by atoms with Crippen molar-refractivity contribution in [1.29, 1.82) is 0 Å². The zero-order chi connectivity index (χ0) is 114. The molecule has 16 aromatic rings. The molecule has 16 rings (SSSR count). The first-order chi connectivity index (χ1) is 73.0. The number of para-hydroxylation sites is 8. The van der Waals surface area contributed by atoms with Crippen LogP contribution in [0.1, 0.15) is 50.6 Å². The highest BCUT2D eigenvalue weighted by Crippen LogP contribution is 2.38. The number of nitrogens with zero attached hydrogens (tertiary/aromatic N) is 24. The van der Waals surface area contributed by atoms with E-state index in [1.807, 2.05) is 59.3 Å². The lowest BCUT2D eigenvalue weighted by molar-refractivity contribution is -0.387. The molecule has 8 aromatic heterocycles. The number of fused-ring (bicyclic) bond motifs is 4. The first-order valence-electron chi connectivity index (χ1n) is 48.8. The number of imidazole rings is 4. The molecule has 0 aliphatic carbocycles. The average Bonchev–Trinajstić information content (AvgIpc) is 1.60. The van der Waals surface area contributed by atoms with Gasteiger partial charge in [-0.15, -0.1) is 0 Å². The highest BCUT2D eigenvalue weighted by Gasteiger charge is 2.27. The summed E-state index contributed by atoms with van der Waals surface area (Å²) in [6.45, 7) is -2.40. The fourth-order valence-electron chi connectivity index (χ4n) is 14.1. The quantitative estimate of drug-likeness (QED) is 0.00978. The van der Waals surface area contributed by atoms with Crippen LogP contribution in [0, 0.1) is 42.0 Å². The van der Waals surface area contributed by atoms with Gasteiger partial charge in [0, 0.05) is 207 Å². The van der Waals surface area contributed by atoms with Crippen LogP contribution < -0.4 is 68.3 Å². The Bertz CT molecular complexity index is 8060. The van der Waals surface area contributed by atoms with Gasteiger partial charge < -0.3 is 60.2 Å². The summed E-state index contributed by atoms with van der Waals surface area (Å²) in [6.07, 6.45) is 7.13. The molecule has 0 amide bonds. The molecule has 0 atom stereocenters. The summed E-state index contributed by atoms with van der Waals surface area (Å²) in [5.74, 6) is 0.875. The summed E-state index contributed by atoms with van der Waals surface area (Å²) in [6, 6.07) is 42.9. The number of aromatic nitrogens is 16. The highest BCUT2D eigenvalue weighted by atomic mass is 35.5. The third-order valence-electron chi connectivity index (χ3n) is 21.2. The van der Waals surface area contributed by atoms with Crippen molar-refractivity contribution in [2.75, 3.05) is 152 Å². The molecule has 0 saturated carbocycles. The van der Waals surface area contributed by atoms with Crippen LogP contribution in [0.5, 0.6) is 23.0 Å². The van der Waals surface area contributed by atoms with Crippen LogP contribution >= 0.6 is 23.2 Å². The molecule has 42 nitrogen and oxygen atoms in total. The van der Waals surface area contributed by atoms with Crippen LogP contribution in [0.15, 0.2) is 226 Å². The molecule has 0 unspecified atom stereocenters. The molecule has 0 bridgehead atoms. The molecular formula is C97H109Cl2F2N27O15. The molecule has 0 spiro atoms. The van der Waals surface area contributed by atoms with E-state index in [0.717, 1.165) is 86.0 Å². The Hall–Kier alpha value is -16.6. The van der Waals surface area contributed by atoms with Gasteiger partial charge in [-0.25, -0.2) is 72.3 Å². The Kier molecular flexibility index (Phi) is 31.9. The van der Waals surface area contributed by atoms with Crippen molar-refractivity contribution in [2.24, 2.45) is 27.9 Å². The maximum atomic E-state index is 13.9.